The van der Waals surface area contributed by atoms with E-state index >= 15 is 0 Å². The van der Waals surface area contributed by atoms with Gasteiger partial charge in [0, 0.05) is 16.8 Å². The Hall–Kier alpha value is -1.34. The van der Waals surface area contributed by atoms with Crippen molar-refractivity contribution in [1.29, 1.82) is 0 Å². The molecule has 1 heterocycles. The van der Waals surface area contributed by atoms with Gasteiger partial charge in [0.1, 0.15) is 0 Å². The number of aromatic nitrogens is 1. The maximum Gasteiger partial charge on any atom is 0.0702 e. The Labute approximate surface area is 115 Å². The summed E-state index contributed by atoms with van der Waals surface area (Å²) < 4.78 is 0. The molecule has 2 aromatic rings. The van der Waals surface area contributed by atoms with E-state index in [1.54, 1.807) is 0 Å². The summed E-state index contributed by atoms with van der Waals surface area (Å²) >= 11 is 6.03. The molecule has 0 bridgehead atoms. The van der Waals surface area contributed by atoms with Gasteiger partial charge in [-0.25, -0.2) is 0 Å². The number of pyridine rings is 1. The number of rotatable bonds is 2. The van der Waals surface area contributed by atoms with Crippen LogP contribution in [-0.2, 0) is 6.42 Å². The number of benzene rings is 1. The van der Waals surface area contributed by atoms with Crippen molar-refractivity contribution in [2.45, 2.75) is 34.1 Å². The number of hydrogen-bond donors (Lipinski definition) is 0. The molecule has 18 heavy (non-hydrogen) atoms. The molecule has 2 heteroatoms. The standard InChI is InChI=1S/C14H14ClN.C2H6/c1-3-11-4-5-14(16-9-11)12-6-10(2)7-13(15)8-12;1-2/h4-9H,3H2,1-2H3;1-2H3. The lowest BCUT2D eigenvalue weighted by atomic mass is 10.1. The van der Waals surface area contributed by atoms with E-state index in [1.807, 2.05) is 45.2 Å². The zero-order chi connectivity index (χ0) is 13.5. The van der Waals surface area contributed by atoms with Crippen molar-refractivity contribution < 1.29 is 0 Å². The molecule has 0 aliphatic carbocycles. The van der Waals surface area contributed by atoms with Crippen LogP contribution in [0.2, 0.25) is 5.02 Å². The summed E-state index contributed by atoms with van der Waals surface area (Å²) in [4.78, 5) is 4.44. The number of halogens is 1. The number of nitrogens with zero attached hydrogens (tertiary/aromatic N) is 1. The molecule has 0 fully saturated rings. The molecule has 1 nitrogen and oxygen atoms in total. The van der Waals surface area contributed by atoms with Crippen LogP contribution in [0.1, 0.15) is 31.9 Å². The SMILES string of the molecule is CC.CCc1ccc(-c2cc(C)cc(Cl)c2)nc1. The highest BCUT2D eigenvalue weighted by molar-refractivity contribution is 6.30. The van der Waals surface area contributed by atoms with Gasteiger partial charge >= 0.3 is 0 Å². The average Bonchev–Trinajstić information content (AvgIpc) is 2.40. The van der Waals surface area contributed by atoms with E-state index in [4.69, 9.17) is 11.6 Å². The van der Waals surface area contributed by atoms with Crippen molar-refractivity contribution in [1.82, 2.24) is 4.98 Å². The predicted octanol–water partition coefficient (Wildman–Crippen LogP) is 5.30. The molecule has 0 unspecified atom stereocenters. The highest BCUT2D eigenvalue weighted by atomic mass is 35.5. The normalized spacial score (nSPS) is 9.61. The summed E-state index contributed by atoms with van der Waals surface area (Å²) in [7, 11) is 0. The Balaban J connectivity index is 0.000000771. The first kappa shape index (κ1) is 14.7. The maximum atomic E-state index is 6.03. The first-order valence-corrected chi connectivity index (χ1v) is 6.79. The van der Waals surface area contributed by atoms with Crippen molar-refractivity contribution >= 4 is 11.6 Å². The summed E-state index contributed by atoms with van der Waals surface area (Å²) in [6, 6.07) is 10.1. The van der Waals surface area contributed by atoms with E-state index < -0.39 is 0 Å². The Morgan fingerprint density at radius 3 is 2.33 bits per heavy atom. The third kappa shape index (κ3) is 3.85. The second kappa shape index (κ2) is 7.17. The second-order valence-electron chi connectivity index (χ2n) is 3.92. The fraction of sp³-hybridized carbons (Fsp3) is 0.312. The van der Waals surface area contributed by atoms with Crippen LogP contribution in [0.3, 0.4) is 0 Å². The molecule has 2 rings (SSSR count). The van der Waals surface area contributed by atoms with Crippen LogP contribution in [0.4, 0.5) is 0 Å². The fourth-order valence-electron chi connectivity index (χ4n) is 1.69. The van der Waals surface area contributed by atoms with Crippen LogP contribution < -0.4 is 0 Å². The molecule has 1 aromatic heterocycles. The van der Waals surface area contributed by atoms with Gasteiger partial charge in [0.2, 0.25) is 0 Å². The Morgan fingerprint density at radius 2 is 1.83 bits per heavy atom. The molecule has 0 radical (unpaired) electrons. The molecule has 0 atom stereocenters. The Morgan fingerprint density at radius 1 is 1.11 bits per heavy atom. The zero-order valence-corrected chi connectivity index (χ0v) is 12.3. The minimum Gasteiger partial charge on any atom is -0.256 e. The van der Waals surface area contributed by atoms with Gasteiger partial charge in [0.05, 0.1) is 5.69 Å². The summed E-state index contributed by atoms with van der Waals surface area (Å²) in [5.74, 6) is 0. The Bertz CT molecular complexity index is 469. The van der Waals surface area contributed by atoms with E-state index in [0.29, 0.717) is 0 Å². The lowest BCUT2D eigenvalue weighted by Gasteiger charge is -2.04. The number of hydrogen-bond acceptors (Lipinski definition) is 1. The monoisotopic (exact) mass is 261 g/mol. The molecular formula is C16H20ClN. The van der Waals surface area contributed by atoms with Gasteiger partial charge in [0.15, 0.2) is 0 Å². The zero-order valence-electron chi connectivity index (χ0n) is 11.5. The molecule has 0 saturated carbocycles. The highest BCUT2D eigenvalue weighted by Gasteiger charge is 2.01. The first-order chi connectivity index (χ1) is 8.69. The Kier molecular flexibility index (Phi) is 5.87. The average molecular weight is 262 g/mol. The van der Waals surface area contributed by atoms with Crippen molar-refractivity contribution in [2.75, 3.05) is 0 Å². The molecule has 96 valence electrons. The van der Waals surface area contributed by atoms with E-state index in [2.05, 4.69) is 24.0 Å². The van der Waals surface area contributed by atoms with Crippen molar-refractivity contribution in [2.24, 2.45) is 0 Å². The fourth-order valence-corrected chi connectivity index (χ4v) is 1.98. The van der Waals surface area contributed by atoms with Gasteiger partial charge in [0.25, 0.3) is 0 Å². The van der Waals surface area contributed by atoms with Crippen LogP contribution in [-0.4, -0.2) is 4.98 Å². The summed E-state index contributed by atoms with van der Waals surface area (Å²) in [6.45, 7) is 8.16. The van der Waals surface area contributed by atoms with Crippen molar-refractivity contribution in [3.8, 4) is 11.3 Å². The molecule has 0 N–H and O–H groups in total. The van der Waals surface area contributed by atoms with Gasteiger partial charge in [-0.3, -0.25) is 4.98 Å². The van der Waals surface area contributed by atoms with Crippen LogP contribution in [0.5, 0.6) is 0 Å². The molecule has 1 aromatic carbocycles. The quantitative estimate of drug-likeness (QED) is 0.715. The largest absolute Gasteiger partial charge is 0.256 e. The summed E-state index contributed by atoms with van der Waals surface area (Å²) in [6.07, 6.45) is 2.94. The van der Waals surface area contributed by atoms with E-state index in [-0.39, 0.29) is 0 Å². The van der Waals surface area contributed by atoms with Gasteiger partial charge in [-0.05, 0) is 48.7 Å². The van der Waals surface area contributed by atoms with Crippen molar-refractivity contribution in [3.63, 3.8) is 0 Å². The smallest absolute Gasteiger partial charge is 0.0702 e. The second-order valence-corrected chi connectivity index (χ2v) is 4.36. The maximum absolute atomic E-state index is 6.03. The molecule has 0 amide bonds. The van der Waals surface area contributed by atoms with Crippen molar-refractivity contribution in [3.05, 3.63) is 52.7 Å². The molecule has 0 saturated heterocycles. The number of aryl methyl sites for hydroxylation is 2. The van der Waals surface area contributed by atoms with Gasteiger partial charge in [-0.1, -0.05) is 38.4 Å². The molecule has 0 spiro atoms. The topological polar surface area (TPSA) is 12.9 Å². The lowest BCUT2D eigenvalue weighted by Crippen LogP contribution is -1.87. The lowest BCUT2D eigenvalue weighted by molar-refractivity contribution is 1.11. The minimum atomic E-state index is 0.761. The van der Waals surface area contributed by atoms with Crippen LogP contribution >= 0.6 is 11.6 Å². The van der Waals surface area contributed by atoms with E-state index in [0.717, 1.165) is 28.3 Å². The molecule has 0 aliphatic rings. The van der Waals surface area contributed by atoms with Crippen LogP contribution in [0.15, 0.2) is 36.5 Å². The van der Waals surface area contributed by atoms with E-state index in [9.17, 15) is 0 Å². The first-order valence-electron chi connectivity index (χ1n) is 6.41. The van der Waals surface area contributed by atoms with Gasteiger partial charge in [-0.15, -0.1) is 0 Å². The van der Waals surface area contributed by atoms with Gasteiger partial charge < -0.3 is 0 Å². The minimum absolute atomic E-state index is 0.761. The molecular weight excluding hydrogens is 242 g/mol. The summed E-state index contributed by atoms with van der Waals surface area (Å²) in [5, 5.41) is 0.761. The predicted molar refractivity (Wildman–Crippen MR) is 80.1 cm³/mol. The third-order valence-corrected chi connectivity index (χ3v) is 2.79. The van der Waals surface area contributed by atoms with Crippen LogP contribution in [0, 0.1) is 6.92 Å². The van der Waals surface area contributed by atoms with Gasteiger partial charge in [-0.2, -0.15) is 0 Å². The molecule has 0 aliphatic heterocycles. The highest BCUT2D eigenvalue weighted by Crippen LogP contribution is 2.23. The summed E-state index contributed by atoms with van der Waals surface area (Å²) in [5.41, 5.74) is 4.46. The van der Waals surface area contributed by atoms with Crippen LogP contribution in [0.25, 0.3) is 11.3 Å². The third-order valence-electron chi connectivity index (χ3n) is 2.57. The van der Waals surface area contributed by atoms with E-state index in [1.165, 1.54) is 5.56 Å².